The van der Waals surface area contributed by atoms with Gasteiger partial charge in [0, 0.05) is 35.6 Å². The van der Waals surface area contributed by atoms with Crippen LogP contribution >= 0.6 is 0 Å². The lowest BCUT2D eigenvalue weighted by molar-refractivity contribution is 0.408. The average molecular weight is 340 g/mol. The number of nitrogens with zero attached hydrogens (tertiary/aromatic N) is 4. The van der Waals surface area contributed by atoms with E-state index in [0.29, 0.717) is 5.92 Å². The minimum Gasteiger partial charge on any atom is -0.302 e. The number of allylic oxidation sites excluding steroid dienone is 1. The van der Waals surface area contributed by atoms with Crippen molar-refractivity contribution in [2.75, 3.05) is 9.80 Å². The molecule has 3 heterocycles. The molecule has 2 aromatic carbocycles. The summed E-state index contributed by atoms with van der Waals surface area (Å²) in [6.45, 7) is 6.42. The van der Waals surface area contributed by atoms with Crippen molar-refractivity contribution < 1.29 is 0 Å². The highest BCUT2D eigenvalue weighted by Crippen LogP contribution is 2.54. The van der Waals surface area contributed by atoms with Crippen LogP contribution in [0.25, 0.3) is 0 Å². The monoisotopic (exact) mass is 340 g/mol. The van der Waals surface area contributed by atoms with Crippen LogP contribution in [0.4, 0.5) is 23.0 Å². The molecule has 4 nitrogen and oxygen atoms in total. The molecule has 26 heavy (non-hydrogen) atoms. The first-order valence-corrected chi connectivity index (χ1v) is 8.97. The molecule has 0 aliphatic carbocycles. The van der Waals surface area contributed by atoms with Gasteiger partial charge in [-0.2, -0.15) is 0 Å². The van der Waals surface area contributed by atoms with Crippen molar-refractivity contribution in [3.05, 3.63) is 85.2 Å². The Morgan fingerprint density at radius 2 is 1.54 bits per heavy atom. The molecule has 128 valence electrons. The molecule has 0 fully saturated rings. The third-order valence-corrected chi connectivity index (χ3v) is 5.53. The van der Waals surface area contributed by atoms with Crippen LogP contribution in [0.2, 0.25) is 0 Å². The standard InChI is InChI=1S/C22H20N4/c1-3-17-15(2)22-25(16-9-5-4-6-10-16)20-21(24-14-13-23-20)26(22)19-12-8-7-11-18(17)19/h3-15,17,22H,1H2,2H3. The normalized spacial score (nSPS) is 23.2. The lowest BCUT2D eigenvalue weighted by Gasteiger charge is -2.44. The maximum Gasteiger partial charge on any atom is 0.178 e. The third kappa shape index (κ3) is 1.96. The molecule has 3 aromatic rings. The summed E-state index contributed by atoms with van der Waals surface area (Å²) in [5.41, 5.74) is 3.63. The highest BCUT2D eigenvalue weighted by atomic mass is 15.5. The van der Waals surface area contributed by atoms with E-state index in [2.05, 4.69) is 77.9 Å². The summed E-state index contributed by atoms with van der Waals surface area (Å²) >= 11 is 0. The van der Waals surface area contributed by atoms with E-state index in [-0.39, 0.29) is 12.1 Å². The van der Waals surface area contributed by atoms with Gasteiger partial charge in [-0.05, 0) is 23.8 Å². The Balaban J connectivity index is 1.78. The molecule has 2 aliphatic heterocycles. The van der Waals surface area contributed by atoms with Crippen LogP contribution in [-0.2, 0) is 0 Å². The van der Waals surface area contributed by atoms with Crippen LogP contribution in [-0.4, -0.2) is 16.1 Å². The van der Waals surface area contributed by atoms with Gasteiger partial charge < -0.3 is 9.80 Å². The number of hydrogen-bond donors (Lipinski definition) is 0. The van der Waals surface area contributed by atoms with Gasteiger partial charge in [0.25, 0.3) is 0 Å². The number of para-hydroxylation sites is 2. The fourth-order valence-electron chi connectivity index (χ4n) is 4.42. The minimum absolute atomic E-state index is 0.118. The van der Waals surface area contributed by atoms with E-state index in [0.717, 1.165) is 17.3 Å². The van der Waals surface area contributed by atoms with Crippen LogP contribution in [0.5, 0.6) is 0 Å². The number of hydrogen-bond acceptors (Lipinski definition) is 4. The van der Waals surface area contributed by atoms with Gasteiger partial charge in [-0.1, -0.05) is 49.4 Å². The van der Waals surface area contributed by atoms with E-state index in [4.69, 9.17) is 9.97 Å². The predicted octanol–water partition coefficient (Wildman–Crippen LogP) is 5.01. The van der Waals surface area contributed by atoms with Gasteiger partial charge in [0.05, 0.1) is 0 Å². The lowest BCUT2D eigenvalue weighted by Crippen LogP contribution is -2.48. The molecule has 0 N–H and O–H groups in total. The van der Waals surface area contributed by atoms with E-state index >= 15 is 0 Å². The zero-order valence-corrected chi connectivity index (χ0v) is 14.7. The van der Waals surface area contributed by atoms with Gasteiger partial charge in [-0.15, -0.1) is 6.58 Å². The maximum absolute atomic E-state index is 4.70. The Morgan fingerprint density at radius 1 is 0.885 bits per heavy atom. The van der Waals surface area contributed by atoms with Gasteiger partial charge >= 0.3 is 0 Å². The van der Waals surface area contributed by atoms with E-state index in [1.54, 1.807) is 12.4 Å². The smallest absolute Gasteiger partial charge is 0.178 e. The van der Waals surface area contributed by atoms with Gasteiger partial charge in [-0.25, -0.2) is 9.97 Å². The highest BCUT2D eigenvalue weighted by Gasteiger charge is 2.48. The summed E-state index contributed by atoms with van der Waals surface area (Å²) < 4.78 is 0. The van der Waals surface area contributed by atoms with Crippen LogP contribution in [0.3, 0.4) is 0 Å². The van der Waals surface area contributed by atoms with Gasteiger partial charge in [-0.3, -0.25) is 0 Å². The largest absolute Gasteiger partial charge is 0.302 e. The quantitative estimate of drug-likeness (QED) is 0.614. The molecular formula is C22H20N4. The van der Waals surface area contributed by atoms with Crippen molar-refractivity contribution in [3.63, 3.8) is 0 Å². The number of anilines is 4. The number of rotatable bonds is 2. The molecule has 0 saturated heterocycles. The van der Waals surface area contributed by atoms with Gasteiger partial charge in [0.1, 0.15) is 6.17 Å². The zero-order chi connectivity index (χ0) is 17.7. The Bertz CT molecular complexity index is 969. The Kier molecular flexibility index (Phi) is 3.32. The van der Waals surface area contributed by atoms with Crippen LogP contribution in [0.1, 0.15) is 18.4 Å². The van der Waals surface area contributed by atoms with Crippen molar-refractivity contribution in [1.82, 2.24) is 9.97 Å². The topological polar surface area (TPSA) is 32.3 Å². The zero-order valence-electron chi connectivity index (χ0n) is 14.7. The van der Waals surface area contributed by atoms with Crippen molar-refractivity contribution in [2.45, 2.75) is 19.0 Å². The summed E-state index contributed by atoms with van der Waals surface area (Å²) in [5, 5.41) is 0. The van der Waals surface area contributed by atoms with Crippen molar-refractivity contribution >= 4 is 23.0 Å². The molecule has 3 atom stereocenters. The number of aromatic nitrogens is 2. The average Bonchev–Trinajstić information content (AvgIpc) is 3.05. The van der Waals surface area contributed by atoms with Crippen LogP contribution < -0.4 is 9.80 Å². The Hall–Kier alpha value is -3.14. The van der Waals surface area contributed by atoms with Crippen LogP contribution in [0, 0.1) is 5.92 Å². The fourth-order valence-corrected chi connectivity index (χ4v) is 4.42. The summed E-state index contributed by atoms with van der Waals surface area (Å²) in [6.07, 6.45) is 5.74. The molecule has 1 aromatic heterocycles. The van der Waals surface area contributed by atoms with Crippen molar-refractivity contribution in [3.8, 4) is 0 Å². The predicted molar refractivity (Wildman–Crippen MR) is 105 cm³/mol. The minimum atomic E-state index is 0.118. The summed E-state index contributed by atoms with van der Waals surface area (Å²) in [6, 6.07) is 19.0. The van der Waals surface area contributed by atoms with E-state index in [9.17, 15) is 0 Å². The Labute approximate surface area is 153 Å². The molecule has 4 heteroatoms. The lowest BCUT2D eigenvalue weighted by atomic mass is 9.80. The second-order valence-electron chi connectivity index (χ2n) is 6.87. The van der Waals surface area contributed by atoms with Gasteiger partial charge in [0.2, 0.25) is 0 Å². The second kappa shape index (κ2) is 5.70. The van der Waals surface area contributed by atoms with Crippen LogP contribution in [0.15, 0.2) is 79.6 Å². The van der Waals surface area contributed by atoms with Crippen molar-refractivity contribution in [2.24, 2.45) is 5.92 Å². The molecule has 0 bridgehead atoms. The molecular weight excluding hydrogens is 320 g/mol. The second-order valence-corrected chi connectivity index (χ2v) is 6.87. The summed E-state index contributed by atoms with van der Waals surface area (Å²) in [4.78, 5) is 14.1. The summed E-state index contributed by atoms with van der Waals surface area (Å²) in [5.74, 6) is 2.45. The first kappa shape index (κ1) is 15.1. The maximum atomic E-state index is 4.70. The van der Waals surface area contributed by atoms with E-state index < -0.39 is 0 Å². The number of benzene rings is 2. The molecule has 5 rings (SSSR count). The molecule has 2 aliphatic rings. The van der Waals surface area contributed by atoms with Gasteiger partial charge in [0.15, 0.2) is 11.6 Å². The first-order valence-electron chi connectivity index (χ1n) is 8.97. The summed E-state index contributed by atoms with van der Waals surface area (Å²) in [7, 11) is 0. The first-order chi connectivity index (χ1) is 12.8. The SMILES string of the molecule is C=CC1c2ccccc2N2c3nccnc3N(c3ccccc3)C2C1C. The Morgan fingerprint density at radius 3 is 2.27 bits per heavy atom. The molecule has 0 radical (unpaired) electrons. The third-order valence-electron chi connectivity index (χ3n) is 5.53. The van der Waals surface area contributed by atoms with E-state index in [1.165, 1.54) is 11.3 Å². The number of fused-ring (bicyclic) bond motifs is 5. The molecule has 0 amide bonds. The van der Waals surface area contributed by atoms with E-state index in [1.807, 2.05) is 6.07 Å². The van der Waals surface area contributed by atoms with Crippen molar-refractivity contribution in [1.29, 1.82) is 0 Å². The molecule has 3 unspecified atom stereocenters. The molecule has 0 saturated carbocycles. The molecule has 0 spiro atoms. The fraction of sp³-hybridized carbons (Fsp3) is 0.182. The highest BCUT2D eigenvalue weighted by molar-refractivity contribution is 5.85.